The number of nitrogens with zero attached hydrogens (tertiary/aromatic N) is 6. The number of hydrogen-bond donors (Lipinski definition) is 0. The molecule has 0 saturated carbocycles. The van der Waals surface area contributed by atoms with E-state index in [4.69, 9.17) is 0 Å². The molecule has 0 spiro atoms. The van der Waals surface area contributed by atoms with Gasteiger partial charge in [-0.2, -0.15) is 13.5 Å². The van der Waals surface area contributed by atoms with E-state index in [-0.39, 0.29) is 16.5 Å². The van der Waals surface area contributed by atoms with Crippen LogP contribution in [-0.2, 0) is 16.6 Å². The van der Waals surface area contributed by atoms with Gasteiger partial charge in [-0.15, -0.1) is 4.40 Å². The molecule has 2 aromatic heterocycles. The highest BCUT2D eigenvalue weighted by atomic mass is 32.2. The van der Waals surface area contributed by atoms with Crippen LogP contribution in [0, 0.1) is 0 Å². The van der Waals surface area contributed by atoms with Crippen molar-refractivity contribution in [3.63, 3.8) is 0 Å². The molecule has 1 saturated heterocycles. The zero-order valence-corrected chi connectivity index (χ0v) is 16.2. The van der Waals surface area contributed by atoms with Gasteiger partial charge in [0.25, 0.3) is 15.6 Å². The molecule has 0 bridgehead atoms. The van der Waals surface area contributed by atoms with Gasteiger partial charge in [-0.1, -0.05) is 12.1 Å². The fourth-order valence-corrected chi connectivity index (χ4v) is 5.12. The van der Waals surface area contributed by atoms with Crippen LogP contribution >= 0.6 is 0 Å². The molecule has 3 aromatic rings. The summed E-state index contributed by atoms with van der Waals surface area (Å²) in [5.74, 6) is 1.06. The summed E-state index contributed by atoms with van der Waals surface area (Å²) in [6.45, 7) is 1.03. The van der Waals surface area contributed by atoms with Gasteiger partial charge >= 0.3 is 0 Å². The highest BCUT2D eigenvalue weighted by Gasteiger charge is 2.36. The van der Waals surface area contributed by atoms with Crippen molar-refractivity contribution in [3.05, 3.63) is 71.0 Å². The first-order valence-electron chi connectivity index (χ1n) is 9.30. The fourth-order valence-electron chi connectivity index (χ4n) is 3.90. The van der Waals surface area contributed by atoms with Crippen molar-refractivity contribution in [2.45, 2.75) is 30.3 Å². The predicted molar refractivity (Wildman–Crippen MR) is 106 cm³/mol. The van der Waals surface area contributed by atoms with Crippen LogP contribution in [0.3, 0.4) is 0 Å². The number of amidine groups is 1. The number of fused-ring (bicyclic) bond motifs is 1. The second-order valence-electron chi connectivity index (χ2n) is 7.06. The molecule has 148 valence electrons. The molecule has 9 nitrogen and oxygen atoms in total. The molecule has 10 heteroatoms. The third kappa shape index (κ3) is 3.05. The van der Waals surface area contributed by atoms with Crippen LogP contribution < -0.4 is 5.56 Å². The van der Waals surface area contributed by atoms with Crippen LogP contribution in [-0.4, -0.2) is 51.1 Å². The number of aromatic nitrogens is 4. The highest BCUT2D eigenvalue weighted by Crippen LogP contribution is 2.31. The van der Waals surface area contributed by atoms with E-state index in [9.17, 15) is 13.2 Å². The first-order chi connectivity index (χ1) is 14.0. The molecule has 1 atom stereocenters. The maximum atomic E-state index is 12.4. The Bertz CT molecular complexity index is 1260. The second kappa shape index (κ2) is 6.66. The van der Waals surface area contributed by atoms with Gasteiger partial charge in [-0.25, -0.2) is 9.67 Å². The van der Waals surface area contributed by atoms with E-state index in [0.29, 0.717) is 30.3 Å². The maximum Gasteiger partial charge on any atom is 0.285 e. The summed E-state index contributed by atoms with van der Waals surface area (Å²) < 4.78 is 32.0. The van der Waals surface area contributed by atoms with Gasteiger partial charge < -0.3 is 4.90 Å². The number of imidazole rings is 1. The summed E-state index contributed by atoms with van der Waals surface area (Å²) in [5, 5.41) is 4.45. The van der Waals surface area contributed by atoms with Crippen LogP contribution in [0.4, 0.5) is 0 Å². The topological polar surface area (TPSA) is 102 Å². The molecule has 4 heterocycles. The van der Waals surface area contributed by atoms with Gasteiger partial charge in [0.2, 0.25) is 0 Å². The zero-order valence-electron chi connectivity index (χ0n) is 15.4. The van der Waals surface area contributed by atoms with E-state index >= 15 is 0 Å². The van der Waals surface area contributed by atoms with Crippen LogP contribution in [0.15, 0.2) is 69.2 Å². The van der Waals surface area contributed by atoms with E-state index in [1.165, 1.54) is 10.7 Å². The largest absolute Gasteiger partial charge is 0.351 e. The summed E-state index contributed by atoms with van der Waals surface area (Å²) in [5.41, 5.74) is 0.411. The standard InChI is InChI=1S/C19H18N6O3S/c26-18-8-7-17(23-11-9-20-13-23)21-25(18)12-14-4-3-10-24(14)19-15-5-1-2-6-16(15)29(27,28)22-19/h1-2,5-9,11,13-14H,3-4,10,12H2. The summed E-state index contributed by atoms with van der Waals surface area (Å²) in [7, 11) is -3.68. The summed E-state index contributed by atoms with van der Waals surface area (Å²) >= 11 is 0. The number of rotatable bonds is 3. The Labute approximate surface area is 167 Å². The van der Waals surface area contributed by atoms with E-state index in [0.717, 1.165) is 12.8 Å². The van der Waals surface area contributed by atoms with Gasteiger partial charge in [0.1, 0.15) is 11.2 Å². The molecule has 29 heavy (non-hydrogen) atoms. The number of likely N-dealkylation sites (tertiary alicyclic amines) is 1. The van der Waals surface area contributed by atoms with Crippen molar-refractivity contribution in [2.24, 2.45) is 4.40 Å². The fraction of sp³-hybridized carbons (Fsp3) is 0.263. The average Bonchev–Trinajstić information content (AvgIpc) is 3.44. The summed E-state index contributed by atoms with van der Waals surface area (Å²) in [6, 6.07) is 9.91. The van der Waals surface area contributed by atoms with Crippen LogP contribution in [0.25, 0.3) is 5.82 Å². The van der Waals surface area contributed by atoms with E-state index in [1.54, 1.807) is 53.6 Å². The number of benzene rings is 1. The van der Waals surface area contributed by atoms with Crippen molar-refractivity contribution >= 4 is 15.9 Å². The molecular formula is C19H18N6O3S. The van der Waals surface area contributed by atoms with Crippen molar-refractivity contribution in [1.29, 1.82) is 0 Å². The third-order valence-corrected chi connectivity index (χ3v) is 6.59. The normalized spacial score (nSPS) is 19.9. The van der Waals surface area contributed by atoms with Crippen LogP contribution in [0.2, 0.25) is 0 Å². The Balaban J connectivity index is 1.48. The minimum Gasteiger partial charge on any atom is -0.351 e. The molecular weight excluding hydrogens is 392 g/mol. The lowest BCUT2D eigenvalue weighted by molar-refractivity contribution is 0.330. The van der Waals surface area contributed by atoms with Gasteiger partial charge in [0.05, 0.1) is 12.6 Å². The van der Waals surface area contributed by atoms with Gasteiger partial charge in [0.15, 0.2) is 11.7 Å². The Morgan fingerprint density at radius 3 is 2.83 bits per heavy atom. The van der Waals surface area contributed by atoms with E-state index < -0.39 is 10.0 Å². The first kappa shape index (κ1) is 17.8. The molecule has 1 aromatic carbocycles. The molecule has 5 rings (SSSR count). The first-order valence-corrected chi connectivity index (χ1v) is 10.7. The van der Waals surface area contributed by atoms with Crippen molar-refractivity contribution < 1.29 is 8.42 Å². The van der Waals surface area contributed by atoms with Crippen LogP contribution in [0.5, 0.6) is 0 Å². The third-order valence-electron chi connectivity index (χ3n) is 5.27. The lowest BCUT2D eigenvalue weighted by Crippen LogP contribution is -2.40. The Morgan fingerprint density at radius 1 is 1.14 bits per heavy atom. The average molecular weight is 410 g/mol. The van der Waals surface area contributed by atoms with Crippen molar-refractivity contribution in [1.82, 2.24) is 24.2 Å². The Hall–Kier alpha value is -3.27. The van der Waals surface area contributed by atoms with Gasteiger partial charge in [-0.05, 0) is 31.0 Å². The lowest BCUT2D eigenvalue weighted by Gasteiger charge is -2.26. The zero-order chi connectivity index (χ0) is 20.0. The summed E-state index contributed by atoms with van der Waals surface area (Å²) in [6.07, 6.45) is 6.74. The molecule has 0 N–H and O–H groups in total. The number of hydrogen-bond acceptors (Lipinski definition) is 6. The maximum absolute atomic E-state index is 12.4. The molecule has 1 fully saturated rings. The van der Waals surface area contributed by atoms with Crippen molar-refractivity contribution in [3.8, 4) is 5.82 Å². The van der Waals surface area contributed by atoms with Gasteiger partial charge in [0, 0.05) is 30.6 Å². The highest BCUT2D eigenvalue weighted by molar-refractivity contribution is 7.90. The van der Waals surface area contributed by atoms with Gasteiger partial charge in [-0.3, -0.25) is 9.36 Å². The van der Waals surface area contributed by atoms with E-state index in [2.05, 4.69) is 14.5 Å². The summed E-state index contributed by atoms with van der Waals surface area (Å²) in [4.78, 5) is 18.6. The number of sulfonamides is 1. The molecule has 2 aliphatic heterocycles. The van der Waals surface area contributed by atoms with Crippen LogP contribution in [0.1, 0.15) is 18.4 Å². The van der Waals surface area contributed by atoms with Crippen molar-refractivity contribution in [2.75, 3.05) is 6.54 Å². The molecule has 1 unspecified atom stereocenters. The molecule has 0 amide bonds. The SMILES string of the molecule is O=c1ccc(-n2ccnc2)nn1CC1CCCN1C1=NS(=O)(=O)c2ccccc21. The predicted octanol–water partition coefficient (Wildman–Crippen LogP) is 1.04. The van der Waals surface area contributed by atoms with E-state index in [1.807, 2.05) is 4.90 Å². The second-order valence-corrected chi connectivity index (χ2v) is 8.63. The Kier molecular flexibility index (Phi) is 4.09. The smallest absolute Gasteiger partial charge is 0.285 e. The lowest BCUT2D eigenvalue weighted by atomic mass is 10.1. The monoisotopic (exact) mass is 410 g/mol. The Morgan fingerprint density at radius 2 is 2.00 bits per heavy atom. The molecule has 0 aliphatic carbocycles. The minimum absolute atomic E-state index is 0.0710. The molecule has 0 radical (unpaired) electrons. The quantitative estimate of drug-likeness (QED) is 0.639. The minimum atomic E-state index is -3.68. The molecule has 2 aliphatic rings.